The molecular formula is C26H25N3O5S. The molecule has 1 fully saturated rings. The quantitative estimate of drug-likeness (QED) is 0.432. The van der Waals surface area contributed by atoms with Crippen molar-refractivity contribution in [3.8, 4) is 11.1 Å². The fourth-order valence-corrected chi connectivity index (χ4v) is 5.34. The zero-order chi connectivity index (χ0) is 24.5. The summed E-state index contributed by atoms with van der Waals surface area (Å²) in [5.41, 5.74) is 4.48. The maximum absolute atomic E-state index is 13.0. The van der Waals surface area contributed by atoms with Crippen molar-refractivity contribution in [2.75, 3.05) is 6.61 Å². The van der Waals surface area contributed by atoms with Gasteiger partial charge in [0.25, 0.3) is 0 Å². The van der Waals surface area contributed by atoms with Crippen molar-refractivity contribution >= 4 is 29.3 Å². The monoisotopic (exact) mass is 491 g/mol. The van der Waals surface area contributed by atoms with Crippen molar-refractivity contribution in [1.82, 2.24) is 15.6 Å². The minimum atomic E-state index is -1.11. The normalized spacial score (nSPS) is 16.0. The van der Waals surface area contributed by atoms with E-state index in [1.165, 1.54) is 16.7 Å². The number of amides is 2. The third-order valence-electron chi connectivity index (χ3n) is 6.46. The van der Waals surface area contributed by atoms with E-state index in [2.05, 4.69) is 39.9 Å². The molecule has 8 nitrogen and oxygen atoms in total. The van der Waals surface area contributed by atoms with Crippen molar-refractivity contribution < 1.29 is 24.2 Å². The van der Waals surface area contributed by atoms with Gasteiger partial charge in [0.2, 0.25) is 5.91 Å². The van der Waals surface area contributed by atoms with Crippen LogP contribution in [0.15, 0.2) is 53.9 Å². The number of aromatic nitrogens is 1. The molecule has 2 aromatic carbocycles. The van der Waals surface area contributed by atoms with Gasteiger partial charge in [-0.3, -0.25) is 4.79 Å². The fourth-order valence-electron chi connectivity index (χ4n) is 4.54. The molecule has 1 saturated carbocycles. The lowest BCUT2D eigenvalue weighted by atomic mass is 9.98. The predicted molar refractivity (Wildman–Crippen MR) is 130 cm³/mol. The second-order valence-electron chi connectivity index (χ2n) is 8.89. The number of nitrogens with one attached hydrogen (secondary N) is 2. The molecule has 0 aliphatic heterocycles. The van der Waals surface area contributed by atoms with E-state index >= 15 is 0 Å². The standard InChI is InChI=1S/C26H25N3O5S/c1-14(24-28-21(13-35-24)25(31)32)27-23(30)22(15-10-11-15)29-26(33)34-12-20-18-8-4-2-6-16(18)17-7-3-5-9-19(17)20/h2-9,13-15,20,22H,10-12H2,1H3,(H,27,30)(H,29,33)(H,31,32). The lowest BCUT2D eigenvalue weighted by Gasteiger charge is -2.21. The van der Waals surface area contributed by atoms with Crippen molar-refractivity contribution in [2.45, 2.75) is 37.8 Å². The first-order valence-electron chi connectivity index (χ1n) is 11.5. The summed E-state index contributed by atoms with van der Waals surface area (Å²) in [6.45, 7) is 1.91. The molecule has 35 heavy (non-hydrogen) atoms. The molecule has 0 spiro atoms. The Morgan fingerprint density at radius 3 is 2.26 bits per heavy atom. The van der Waals surface area contributed by atoms with E-state index in [9.17, 15) is 14.4 Å². The van der Waals surface area contributed by atoms with Gasteiger partial charge in [0.15, 0.2) is 5.69 Å². The van der Waals surface area contributed by atoms with E-state index < -0.39 is 24.1 Å². The van der Waals surface area contributed by atoms with Crippen LogP contribution in [-0.2, 0) is 9.53 Å². The SMILES string of the molecule is CC(NC(=O)C(NC(=O)OCC1c2ccccc2-c2ccccc21)C1CC1)c1nc(C(=O)O)cs1. The summed E-state index contributed by atoms with van der Waals surface area (Å²) in [6.07, 6.45) is 1.06. The third kappa shape index (κ3) is 4.77. The van der Waals surface area contributed by atoms with Crippen LogP contribution in [0.2, 0.25) is 0 Å². The van der Waals surface area contributed by atoms with Crippen molar-refractivity contribution in [2.24, 2.45) is 5.92 Å². The number of aromatic carboxylic acids is 1. The molecule has 1 aromatic heterocycles. The van der Waals surface area contributed by atoms with Gasteiger partial charge < -0.3 is 20.5 Å². The van der Waals surface area contributed by atoms with Gasteiger partial charge in [-0.25, -0.2) is 14.6 Å². The summed E-state index contributed by atoms with van der Waals surface area (Å²) in [4.78, 5) is 40.8. The summed E-state index contributed by atoms with van der Waals surface area (Å²) in [6, 6.07) is 15.0. The Morgan fingerprint density at radius 2 is 1.69 bits per heavy atom. The summed E-state index contributed by atoms with van der Waals surface area (Å²) >= 11 is 1.17. The first kappa shape index (κ1) is 23.0. The van der Waals surface area contributed by atoms with Gasteiger partial charge in [-0.1, -0.05) is 48.5 Å². The van der Waals surface area contributed by atoms with E-state index in [1.54, 1.807) is 6.92 Å². The lowest BCUT2D eigenvalue weighted by Crippen LogP contribution is -2.49. The number of carbonyl (C=O) groups is 3. The molecule has 180 valence electrons. The minimum absolute atomic E-state index is 0.0496. The number of hydrogen-bond acceptors (Lipinski definition) is 6. The van der Waals surface area contributed by atoms with Crippen LogP contribution < -0.4 is 10.6 Å². The number of nitrogens with zero attached hydrogens (tertiary/aromatic N) is 1. The molecule has 2 amide bonds. The molecule has 9 heteroatoms. The first-order valence-corrected chi connectivity index (χ1v) is 12.4. The molecule has 0 bridgehead atoms. The summed E-state index contributed by atoms with van der Waals surface area (Å²) in [5.74, 6) is -1.46. The predicted octanol–water partition coefficient (Wildman–Crippen LogP) is 4.34. The molecule has 2 atom stereocenters. The highest BCUT2D eigenvalue weighted by atomic mass is 32.1. The Kier molecular flexibility index (Phi) is 6.25. The van der Waals surface area contributed by atoms with Gasteiger partial charge in [-0.2, -0.15) is 0 Å². The van der Waals surface area contributed by atoms with Gasteiger partial charge in [-0.05, 0) is 47.9 Å². The zero-order valence-corrected chi connectivity index (χ0v) is 19.9. The molecule has 1 heterocycles. The molecule has 3 aromatic rings. The number of rotatable bonds is 8. The minimum Gasteiger partial charge on any atom is -0.476 e. The first-order chi connectivity index (χ1) is 16.9. The zero-order valence-electron chi connectivity index (χ0n) is 19.1. The van der Waals surface area contributed by atoms with E-state index in [0.29, 0.717) is 5.01 Å². The molecule has 0 saturated heterocycles. The molecule has 2 aliphatic rings. The van der Waals surface area contributed by atoms with Crippen LogP contribution >= 0.6 is 11.3 Å². The van der Waals surface area contributed by atoms with Gasteiger partial charge in [0.1, 0.15) is 17.7 Å². The molecule has 5 rings (SSSR count). The van der Waals surface area contributed by atoms with Crippen LogP contribution in [0.25, 0.3) is 11.1 Å². The summed E-state index contributed by atoms with van der Waals surface area (Å²) in [7, 11) is 0. The molecule has 3 N–H and O–H groups in total. The Balaban J connectivity index is 1.21. The average molecular weight is 492 g/mol. The maximum Gasteiger partial charge on any atom is 0.407 e. The van der Waals surface area contributed by atoms with Crippen LogP contribution in [0.4, 0.5) is 4.79 Å². The maximum atomic E-state index is 13.0. The topological polar surface area (TPSA) is 118 Å². The Morgan fingerprint density at radius 1 is 1.06 bits per heavy atom. The number of fused-ring (bicyclic) bond motifs is 3. The number of carboxylic acid groups (broad SMARTS) is 1. The number of alkyl carbamates (subject to hydrolysis) is 1. The van der Waals surface area contributed by atoms with E-state index in [0.717, 1.165) is 35.1 Å². The van der Waals surface area contributed by atoms with Crippen LogP contribution in [-0.4, -0.2) is 40.7 Å². The average Bonchev–Trinajstić information content (AvgIpc) is 3.46. The van der Waals surface area contributed by atoms with Crippen LogP contribution in [0, 0.1) is 5.92 Å². The van der Waals surface area contributed by atoms with E-state index in [1.807, 2.05) is 24.3 Å². The number of carbonyl (C=O) groups excluding carboxylic acids is 2. The van der Waals surface area contributed by atoms with Crippen LogP contribution in [0.1, 0.15) is 58.3 Å². The van der Waals surface area contributed by atoms with E-state index in [4.69, 9.17) is 9.84 Å². The number of thiazole rings is 1. The Bertz CT molecular complexity index is 1240. The summed E-state index contributed by atoms with van der Waals surface area (Å²) in [5, 5.41) is 16.6. The smallest absolute Gasteiger partial charge is 0.407 e. The van der Waals surface area contributed by atoms with Gasteiger partial charge >= 0.3 is 12.1 Å². The van der Waals surface area contributed by atoms with Crippen molar-refractivity contribution in [1.29, 1.82) is 0 Å². The second-order valence-corrected chi connectivity index (χ2v) is 9.78. The second kappa shape index (κ2) is 9.50. The highest BCUT2D eigenvalue weighted by molar-refractivity contribution is 7.09. The Labute approximate surface area is 206 Å². The van der Waals surface area contributed by atoms with Crippen LogP contribution in [0.5, 0.6) is 0 Å². The van der Waals surface area contributed by atoms with Gasteiger partial charge in [0.05, 0.1) is 6.04 Å². The molecule has 2 unspecified atom stereocenters. The molecular weight excluding hydrogens is 466 g/mol. The number of ether oxygens (including phenoxy) is 1. The van der Waals surface area contributed by atoms with Crippen molar-refractivity contribution in [3.63, 3.8) is 0 Å². The highest BCUT2D eigenvalue weighted by Gasteiger charge is 2.38. The molecule has 2 aliphatic carbocycles. The summed E-state index contributed by atoms with van der Waals surface area (Å²) < 4.78 is 5.61. The number of carboxylic acids is 1. The Hall–Kier alpha value is -3.72. The lowest BCUT2D eigenvalue weighted by molar-refractivity contribution is -0.124. The van der Waals surface area contributed by atoms with Gasteiger partial charge in [0, 0.05) is 11.3 Å². The van der Waals surface area contributed by atoms with Crippen LogP contribution in [0.3, 0.4) is 0 Å². The molecule has 0 radical (unpaired) electrons. The number of hydrogen-bond donors (Lipinski definition) is 3. The largest absolute Gasteiger partial charge is 0.476 e. The van der Waals surface area contributed by atoms with Crippen molar-refractivity contribution in [3.05, 3.63) is 75.7 Å². The van der Waals surface area contributed by atoms with E-state index in [-0.39, 0.29) is 30.0 Å². The third-order valence-corrected chi connectivity index (χ3v) is 7.49. The highest BCUT2D eigenvalue weighted by Crippen LogP contribution is 2.44. The fraction of sp³-hybridized carbons (Fsp3) is 0.308. The van der Waals surface area contributed by atoms with Gasteiger partial charge in [-0.15, -0.1) is 11.3 Å². The number of benzene rings is 2.